The molecule has 0 bridgehead atoms. The zero-order chi connectivity index (χ0) is 21.8. The summed E-state index contributed by atoms with van der Waals surface area (Å²) in [4.78, 5) is 25.4. The highest BCUT2D eigenvalue weighted by atomic mass is 19.4. The highest BCUT2D eigenvalue weighted by molar-refractivity contribution is 5.88. The Kier molecular flexibility index (Phi) is 7.28. The number of amides is 2. The van der Waals surface area contributed by atoms with Gasteiger partial charge in [-0.2, -0.15) is 13.2 Å². The molecular formula is C20H26F3NO4. The van der Waals surface area contributed by atoms with Gasteiger partial charge in [0.05, 0.1) is 12.1 Å². The lowest BCUT2D eigenvalue weighted by Crippen LogP contribution is -2.43. The second kappa shape index (κ2) is 8.67. The highest BCUT2D eigenvalue weighted by Gasteiger charge is 2.31. The maximum absolute atomic E-state index is 12.8. The van der Waals surface area contributed by atoms with Crippen molar-refractivity contribution in [3.05, 3.63) is 41.5 Å². The third-order valence-corrected chi connectivity index (χ3v) is 3.04. The summed E-state index contributed by atoms with van der Waals surface area (Å²) in [5.41, 5.74) is -2.17. The van der Waals surface area contributed by atoms with Crippen LogP contribution in [0.15, 0.2) is 30.3 Å². The fourth-order valence-electron chi connectivity index (χ4n) is 1.97. The van der Waals surface area contributed by atoms with Crippen LogP contribution in [0.5, 0.6) is 0 Å². The summed E-state index contributed by atoms with van der Waals surface area (Å²) in [6.07, 6.45) is -3.49. The summed E-state index contributed by atoms with van der Waals surface area (Å²) in [6, 6.07) is 4.70. The number of ether oxygens (including phenoxy) is 2. The molecule has 0 aromatic heterocycles. The lowest BCUT2D eigenvalue weighted by Gasteiger charge is -2.28. The van der Waals surface area contributed by atoms with Gasteiger partial charge in [-0.15, -0.1) is 0 Å². The van der Waals surface area contributed by atoms with Crippen molar-refractivity contribution in [2.24, 2.45) is 0 Å². The van der Waals surface area contributed by atoms with Gasteiger partial charge >= 0.3 is 18.4 Å². The largest absolute Gasteiger partial charge is 0.443 e. The number of carbonyl (C=O) groups is 2. The lowest BCUT2D eigenvalue weighted by molar-refractivity contribution is -0.137. The zero-order valence-corrected chi connectivity index (χ0v) is 16.9. The van der Waals surface area contributed by atoms with Gasteiger partial charge in [0.1, 0.15) is 11.2 Å². The van der Waals surface area contributed by atoms with Gasteiger partial charge in [-0.05, 0) is 59.2 Å². The SMILES string of the molecule is CC(C)(C)OC(=O)N(C/C=C/c1cccc(C(F)(F)F)c1)C(=O)OC(C)(C)C. The van der Waals surface area contributed by atoms with Crippen LogP contribution in [0.2, 0.25) is 0 Å². The number of benzene rings is 1. The van der Waals surface area contributed by atoms with E-state index in [1.54, 1.807) is 41.5 Å². The van der Waals surface area contributed by atoms with Gasteiger partial charge in [0.15, 0.2) is 0 Å². The zero-order valence-electron chi connectivity index (χ0n) is 16.9. The fraction of sp³-hybridized carbons (Fsp3) is 0.500. The summed E-state index contributed by atoms with van der Waals surface area (Å²) >= 11 is 0. The molecule has 0 atom stereocenters. The van der Waals surface area contributed by atoms with Crippen LogP contribution in [0.3, 0.4) is 0 Å². The van der Waals surface area contributed by atoms with Crippen molar-refractivity contribution in [1.82, 2.24) is 4.90 Å². The average molecular weight is 401 g/mol. The quantitative estimate of drug-likeness (QED) is 0.634. The number of carbonyl (C=O) groups excluding carboxylic acids is 2. The van der Waals surface area contributed by atoms with E-state index < -0.39 is 35.1 Å². The Balaban J connectivity index is 2.99. The first-order chi connectivity index (χ1) is 12.6. The van der Waals surface area contributed by atoms with Gasteiger partial charge in [0.2, 0.25) is 0 Å². The van der Waals surface area contributed by atoms with Gasteiger partial charge in [-0.25, -0.2) is 14.5 Å². The molecule has 0 heterocycles. The van der Waals surface area contributed by atoms with Crippen molar-refractivity contribution >= 4 is 18.3 Å². The Morgan fingerprint density at radius 2 is 1.46 bits per heavy atom. The molecule has 0 aliphatic heterocycles. The van der Waals surface area contributed by atoms with Crippen molar-refractivity contribution in [2.45, 2.75) is 58.9 Å². The minimum Gasteiger partial charge on any atom is -0.443 e. The molecule has 5 nitrogen and oxygen atoms in total. The monoisotopic (exact) mass is 401 g/mol. The van der Waals surface area contributed by atoms with E-state index in [2.05, 4.69) is 0 Å². The first-order valence-electron chi connectivity index (χ1n) is 8.66. The third kappa shape index (κ3) is 8.45. The Labute approximate surface area is 163 Å². The minimum absolute atomic E-state index is 0.222. The lowest BCUT2D eigenvalue weighted by atomic mass is 10.1. The van der Waals surface area contributed by atoms with E-state index in [-0.39, 0.29) is 12.1 Å². The highest BCUT2D eigenvalue weighted by Crippen LogP contribution is 2.29. The number of halogens is 3. The average Bonchev–Trinajstić information content (AvgIpc) is 2.47. The first-order valence-corrected chi connectivity index (χ1v) is 8.66. The summed E-state index contributed by atoms with van der Waals surface area (Å²) in [6.45, 7) is 9.67. The smallest absolute Gasteiger partial charge is 0.420 e. The van der Waals surface area contributed by atoms with E-state index in [1.807, 2.05) is 0 Å². The van der Waals surface area contributed by atoms with Gasteiger partial charge in [0.25, 0.3) is 0 Å². The summed E-state index contributed by atoms with van der Waals surface area (Å²) < 4.78 is 48.8. The van der Waals surface area contributed by atoms with Gasteiger partial charge in [-0.1, -0.05) is 24.3 Å². The number of nitrogens with zero attached hydrogens (tertiary/aromatic N) is 1. The Morgan fingerprint density at radius 1 is 0.964 bits per heavy atom. The molecule has 0 unspecified atom stereocenters. The van der Waals surface area contributed by atoms with Crippen molar-refractivity contribution < 1.29 is 32.2 Å². The predicted octanol–water partition coefficient (Wildman–Crippen LogP) is 5.89. The Hall–Kier alpha value is -2.51. The van der Waals surface area contributed by atoms with Crippen LogP contribution >= 0.6 is 0 Å². The molecule has 2 amide bonds. The molecule has 1 rings (SSSR count). The van der Waals surface area contributed by atoms with E-state index in [0.29, 0.717) is 0 Å². The number of hydrogen-bond donors (Lipinski definition) is 0. The third-order valence-electron chi connectivity index (χ3n) is 3.04. The molecule has 28 heavy (non-hydrogen) atoms. The number of imide groups is 1. The second-order valence-corrected chi connectivity index (χ2v) is 8.10. The fourth-order valence-corrected chi connectivity index (χ4v) is 1.97. The normalized spacial score (nSPS) is 12.8. The molecule has 1 aromatic rings. The van der Waals surface area contributed by atoms with Gasteiger partial charge in [-0.3, -0.25) is 0 Å². The van der Waals surface area contributed by atoms with Gasteiger partial charge < -0.3 is 9.47 Å². The molecule has 1 aromatic carbocycles. The number of alkyl halides is 3. The maximum Gasteiger partial charge on any atom is 0.420 e. The molecule has 8 heteroatoms. The van der Waals surface area contributed by atoms with Crippen molar-refractivity contribution in [3.63, 3.8) is 0 Å². The van der Waals surface area contributed by atoms with E-state index in [1.165, 1.54) is 24.3 Å². The maximum atomic E-state index is 12.8. The molecule has 0 aliphatic carbocycles. The van der Waals surface area contributed by atoms with Crippen LogP contribution in [0.25, 0.3) is 6.08 Å². The molecule has 0 radical (unpaired) electrons. The first kappa shape index (κ1) is 23.5. The Bertz CT molecular complexity index is 700. The number of hydrogen-bond acceptors (Lipinski definition) is 4. The molecule has 0 N–H and O–H groups in total. The molecule has 0 spiro atoms. The summed E-state index contributed by atoms with van der Waals surface area (Å²) in [5, 5.41) is 0. The standard InChI is InChI=1S/C20H26F3NO4/c1-18(2,3)27-16(25)24(17(26)28-19(4,5)6)12-8-10-14-9-7-11-15(13-14)20(21,22)23/h7-11,13H,12H2,1-6H3/b10-8+. The van der Waals surface area contributed by atoms with Crippen LogP contribution in [0.4, 0.5) is 22.8 Å². The van der Waals surface area contributed by atoms with E-state index >= 15 is 0 Å². The van der Waals surface area contributed by atoms with Crippen molar-refractivity contribution in [2.75, 3.05) is 6.54 Å². The predicted molar refractivity (Wildman–Crippen MR) is 99.7 cm³/mol. The molecule has 0 aliphatic rings. The van der Waals surface area contributed by atoms with E-state index in [9.17, 15) is 22.8 Å². The topological polar surface area (TPSA) is 55.8 Å². The van der Waals surface area contributed by atoms with Crippen LogP contribution in [-0.2, 0) is 15.7 Å². The van der Waals surface area contributed by atoms with E-state index in [4.69, 9.17) is 9.47 Å². The van der Waals surface area contributed by atoms with Crippen LogP contribution in [0, 0.1) is 0 Å². The Morgan fingerprint density at radius 3 is 1.89 bits per heavy atom. The van der Waals surface area contributed by atoms with Crippen LogP contribution < -0.4 is 0 Å². The summed E-state index contributed by atoms with van der Waals surface area (Å²) in [7, 11) is 0. The molecule has 156 valence electrons. The van der Waals surface area contributed by atoms with Crippen molar-refractivity contribution in [3.8, 4) is 0 Å². The number of rotatable bonds is 3. The summed E-state index contributed by atoms with van der Waals surface area (Å²) in [5.74, 6) is 0. The minimum atomic E-state index is -4.46. The molecular weight excluding hydrogens is 375 g/mol. The van der Waals surface area contributed by atoms with Crippen molar-refractivity contribution in [1.29, 1.82) is 0 Å². The molecule has 0 saturated heterocycles. The molecule has 0 saturated carbocycles. The van der Waals surface area contributed by atoms with E-state index in [0.717, 1.165) is 17.0 Å². The second-order valence-electron chi connectivity index (χ2n) is 8.10. The van der Waals surface area contributed by atoms with Crippen LogP contribution in [-0.4, -0.2) is 34.8 Å². The van der Waals surface area contributed by atoms with Gasteiger partial charge in [0, 0.05) is 0 Å². The molecule has 0 fully saturated rings. The van der Waals surface area contributed by atoms with Crippen LogP contribution in [0.1, 0.15) is 52.7 Å².